The fourth-order valence-electron chi connectivity index (χ4n) is 2.44. The van der Waals surface area contributed by atoms with Crippen LogP contribution in [0.25, 0.3) is 0 Å². The maximum atomic E-state index is 12.3. The van der Waals surface area contributed by atoms with Crippen LogP contribution < -0.4 is 14.8 Å². The van der Waals surface area contributed by atoms with E-state index in [9.17, 15) is 4.79 Å². The van der Waals surface area contributed by atoms with Gasteiger partial charge < -0.3 is 14.8 Å². The summed E-state index contributed by atoms with van der Waals surface area (Å²) in [5, 5.41) is 3.43. The number of hydrogen-bond acceptors (Lipinski definition) is 4. The van der Waals surface area contributed by atoms with Crippen molar-refractivity contribution in [3.63, 3.8) is 0 Å². The molecule has 23 heavy (non-hydrogen) atoms. The van der Waals surface area contributed by atoms with Crippen molar-refractivity contribution in [3.05, 3.63) is 52.5 Å². The van der Waals surface area contributed by atoms with E-state index in [0.29, 0.717) is 40.0 Å². The summed E-state index contributed by atoms with van der Waals surface area (Å²) < 4.78 is 10.5. The minimum Gasteiger partial charge on any atom is -0.493 e. The summed E-state index contributed by atoms with van der Waals surface area (Å²) in [6.45, 7) is 0.294. The maximum absolute atomic E-state index is 12.3. The van der Waals surface area contributed by atoms with Crippen LogP contribution >= 0.6 is 11.6 Å². The zero-order valence-corrected chi connectivity index (χ0v) is 13.5. The number of fused-ring (bicyclic) bond motifs is 1. The smallest absolute Gasteiger partial charge is 0.253 e. The molecule has 0 radical (unpaired) electrons. The van der Waals surface area contributed by atoms with Gasteiger partial charge in [-0.1, -0.05) is 29.8 Å². The molecule has 1 aliphatic heterocycles. The summed E-state index contributed by atoms with van der Waals surface area (Å²) in [6, 6.07) is 10.7. The topological polar surface area (TPSA) is 59.9 Å². The second-order valence-electron chi connectivity index (χ2n) is 4.95. The van der Waals surface area contributed by atoms with Gasteiger partial charge in [-0.15, -0.1) is 0 Å². The molecule has 118 valence electrons. The van der Waals surface area contributed by atoms with Gasteiger partial charge in [0.05, 0.1) is 37.7 Å². The van der Waals surface area contributed by atoms with Gasteiger partial charge in [-0.2, -0.15) is 0 Å². The Morgan fingerprint density at radius 2 is 1.78 bits per heavy atom. The molecule has 3 rings (SSSR count). The number of halogens is 1. The summed E-state index contributed by atoms with van der Waals surface area (Å²) in [7, 11) is 3.07. The number of rotatable bonds is 3. The number of nitrogens with zero attached hydrogens (tertiary/aromatic N) is 1. The zero-order valence-electron chi connectivity index (χ0n) is 12.7. The molecule has 0 bridgehead atoms. The van der Waals surface area contributed by atoms with E-state index in [-0.39, 0.29) is 5.91 Å². The summed E-state index contributed by atoms with van der Waals surface area (Å²) >= 11 is 6.24. The Morgan fingerprint density at radius 1 is 1.09 bits per heavy atom. The first-order valence-electron chi connectivity index (χ1n) is 7.00. The van der Waals surface area contributed by atoms with Gasteiger partial charge in [0.25, 0.3) is 5.91 Å². The molecule has 2 aromatic rings. The molecule has 0 saturated heterocycles. The van der Waals surface area contributed by atoms with E-state index in [0.717, 1.165) is 5.56 Å². The SMILES string of the molecule is COc1cc2c(cc1OC)C(=O)NCC(c1ccccc1Cl)=N2. The Balaban J connectivity index is 2.16. The van der Waals surface area contributed by atoms with E-state index < -0.39 is 0 Å². The van der Waals surface area contributed by atoms with Crippen molar-refractivity contribution in [2.75, 3.05) is 20.8 Å². The highest BCUT2D eigenvalue weighted by Gasteiger charge is 2.21. The molecule has 0 aromatic heterocycles. The van der Waals surface area contributed by atoms with E-state index in [1.807, 2.05) is 18.2 Å². The van der Waals surface area contributed by atoms with E-state index in [2.05, 4.69) is 10.3 Å². The number of amides is 1. The van der Waals surface area contributed by atoms with Crippen LogP contribution in [-0.2, 0) is 0 Å². The quantitative estimate of drug-likeness (QED) is 0.940. The van der Waals surface area contributed by atoms with Crippen molar-refractivity contribution in [2.24, 2.45) is 4.99 Å². The molecule has 6 heteroatoms. The van der Waals surface area contributed by atoms with Gasteiger partial charge in [0, 0.05) is 16.7 Å². The minimum atomic E-state index is -0.216. The Bertz CT molecular complexity index is 802. The van der Waals surface area contributed by atoms with Gasteiger partial charge in [0.1, 0.15) is 0 Å². The molecule has 0 aliphatic carbocycles. The number of ether oxygens (including phenoxy) is 2. The molecule has 1 aliphatic rings. The van der Waals surface area contributed by atoms with Crippen LogP contribution in [-0.4, -0.2) is 32.4 Å². The lowest BCUT2D eigenvalue weighted by atomic mass is 10.1. The van der Waals surface area contributed by atoms with Gasteiger partial charge in [0.2, 0.25) is 0 Å². The fraction of sp³-hybridized carbons (Fsp3) is 0.176. The van der Waals surface area contributed by atoms with Crippen LogP contribution in [0.3, 0.4) is 0 Å². The molecule has 0 spiro atoms. The number of methoxy groups -OCH3 is 2. The number of carbonyl (C=O) groups is 1. The van der Waals surface area contributed by atoms with E-state index in [1.165, 1.54) is 7.11 Å². The standard InChI is InChI=1S/C17H15ClN2O3/c1-22-15-7-11-13(8-16(15)23-2)20-14(9-19-17(11)21)10-5-3-4-6-12(10)18/h3-8H,9H2,1-2H3,(H,19,21). The molecule has 0 unspecified atom stereocenters. The monoisotopic (exact) mass is 330 g/mol. The van der Waals surface area contributed by atoms with Crippen molar-refractivity contribution in [1.82, 2.24) is 5.32 Å². The average Bonchev–Trinajstić information content (AvgIpc) is 2.73. The molecule has 1 N–H and O–H groups in total. The third-order valence-corrected chi connectivity index (χ3v) is 3.93. The van der Waals surface area contributed by atoms with Crippen LogP contribution in [0.2, 0.25) is 5.02 Å². The van der Waals surface area contributed by atoms with Crippen molar-refractivity contribution >= 4 is 28.9 Å². The molecular weight excluding hydrogens is 316 g/mol. The van der Waals surface area contributed by atoms with Crippen molar-refractivity contribution in [2.45, 2.75) is 0 Å². The van der Waals surface area contributed by atoms with Crippen LogP contribution in [0.4, 0.5) is 5.69 Å². The number of benzene rings is 2. The third kappa shape index (κ3) is 2.87. The number of aliphatic imine (C=N–C) groups is 1. The van der Waals surface area contributed by atoms with Crippen molar-refractivity contribution < 1.29 is 14.3 Å². The van der Waals surface area contributed by atoms with Crippen LogP contribution in [0.15, 0.2) is 41.4 Å². The van der Waals surface area contributed by atoms with Gasteiger partial charge in [-0.05, 0) is 12.1 Å². The average molecular weight is 331 g/mol. The molecule has 1 amide bonds. The lowest BCUT2D eigenvalue weighted by Gasteiger charge is -2.10. The van der Waals surface area contributed by atoms with E-state index in [1.54, 1.807) is 25.3 Å². The molecule has 2 aromatic carbocycles. The van der Waals surface area contributed by atoms with E-state index in [4.69, 9.17) is 21.1 Å². The molecule has 0 atom stereocenters. The molecule has 5 nitrogen and oxygen atoms in total. The summed E-state index contributed by atoms with van der Waals surface area (Å²) in [5.41, 5.74) is 2.43. The summed E-state index contributed by atoms with van der Waals surface area (Å²) in [5.74, 6) is 0.785. The Labute approximate surface area is 138 Å². The maximum Gasteiger partial charge on any atom is 0.253 e. The summed E-state index contributed by atoms with van der Waals surface area (Å²) in [6.07, 6.45) is 0. The highest BCUT2D eigenvalue weighted by atomic mass is 35.5. The van der Waals surface area contributed by atoms with Crippen LogP contribution in [0.1, 0.15) is 15.9 Å². The van der Waals surface area contributed by atoms with Gasteiger partial charge in [-0.25, -0.2) is 4.99 Å². The van der Waals surface area contributed by atoms with Crippen LogP contribution in [0, 0.1) is 0 Å². The first-order chi connectivity index (χ1) is 11.1. The fourth-order valence-corrected chi connectivity index (χ4v) is 2.68. The van der Waals surface area contributed by atoms with Gasteiger partial charge in [-0.3, -0.25) is 4.79 Å². The predicted molar refractivity (Wildman–Crippen MR) is 89.5 cm³/mol. The zero-order chi connectivity index (χ0) is 16.4. The van der Waals surface area contributed by atoms with Crippen LogP contribution in [0.5, 0.6) is 11.5 Å². The predicted octanol–water partition coefficient (Wildman–Crippen LogP) is 3.22. The highest BCUT2D eigenvalue weighted by molar-refractivity contribution is 6.34. The van der Waals surface area contributed by atoms with Gasteiger partial charge >= 0.3 is 0 Å². The Kier molecular flexibility index (Phi) is 4.21. The normalized spacial score (nSPS) is 13.5. The molecule has 0 fully saturated rings. The first-order valence-corrected chi connectivity index (χ1v) is 7.38. The third-order valence-electron chi connectivity index (χ3n) is 3.60. The minimum absolute atomic E-state index is 0.216. The number of carbonyl (C=O) groups excluding carboxylic acids is 1. The molecule has 0 saturated carbocycles. The Hall–Kier alpha value is -2.53. The van der Waals surface area contributed by atoms with Crippen molar-refractivity contribution in [1.29, 1.82) is 0 Å². The number of hydrogen-bond donors (Lipinski definition) is 1. The molecule has 1 heterocycles. The van der Waals surface area contributed by atoms with Gasteiger partial charge in [0.15, 0.2) is 11.5 Å². The largest absolute Gasteiger partial charge is 0.493 e. The van der Waals surface area contributed by atoms with Crippen molar-refractivity contribution in [3.8, 4) is 11.5 Å². The lowest BCUT2D eigenvalue weighted by molar-refractivity contribution is 0.0960. The molecular formula is C17H15ClN2O3. The Morgan fingerprint density at radius 3 is 2.48 bits per heavy atom. The second kappa shape index (κ2) is 6.30. The lowest BCUT2D eigenvalue weighted by Crippen LogP contribution is -2.28. The first kappa shape index (κ1) is 15.4. The summed E-state index contributed by atoms with van der Waals surface area (Å²) in [4.78, 5) is 16.9. The van der Waals surface area contributed by atoms with E-state index >= 15 is 0 Å². The highest BCUT2D eigenvalue weighted by Crippen LogP contribution is 2.36. The second-order valence-corrected chi connectivity index (χ2v) is 5.35. The number of nitrogens with one attached hydrogen (secondary N) is 1.